The molecule has 3 N–H and O–H groups in total. The van der Waals surface area contributed by atoms with Crippen molar-refractivity contribution in [1.29, 1.82) is 0 Å². The van der Waals surface area contributed by atoms with Gasteiger partial charge in [0.15, 0.2) is 5.88 Å². The van der Waals surface area contributed by atoms with E-state index in [0.717, 1.165) is 5.56 Å². The molecule has 0 aliphatic heterocycles. The maximum atomic E-state index is 12.1. The maximum absolute atomic E-state index is 12.1. The van der Waals surface area contributed by atoms with Crippen LogP contribution in [-0.4, -0.2) is 42.5 Å². The summed E-state index contributed by atoms with van der Waals surface area (Å²) < 4.78 is 31.3. The summed E-state index contributed by atoms with van der Waals surface area (Å²) in [5.41, 5.74) is 3.71. The lowest BCUT2D eigenvalue weighted by Gasteiger charge is -2.09. The molecule has 1 heterocycles. The fraction of sp³-hybridized carbons (Fsp3) is 0.154. The van der Waals surface area contributed by atoms with Gasteiger partial charge in [-0.15, -0.1) is 0 Å². The number of nitrogens with one attached hydrogen (secondary N) is 2. The van der Waals surface area contributed by atoms with Crippen molar-refractivity contribution in [2.45, 2.75) is 13.8 Å². The molecule has 3 aromatic carbocycles. The third kappa shape index (κ3) is 5.36. The predicted molar refractivity (Wildman–Crippen MR) is 137 cm³/mol. The highest BCUT2D eigenvalue weighted by Crippen LogP contribution is 2.32. The molecule has 0 radical (unpaired) electrons. The summed E-state index contributed by atoms with van der Waals surface area (Å²) in [5, 5.41) is 11.5. The molecule has 35 heavy (non-hydrogen) atoms. The van der Waals surface area contributed by atoms with E-state index in [4.69, 9.17) is 9.73 Å². The minimum atomic E-state index is -3.39. The van der Waals surface area contributed by atoms with Crippen molar-refractivity contribution in [2.24, 2.45) is 4.99 Å². The third-order valence-corrected chi connectivity index (χ3v) is 6.64. The highest BCUT2D eigenvalue weighted by molar-refractivity contribution is 7.92. The summed E-state index contributed by atoms with van der Waals surface area (Å²) in [6.07, 6.45) is 0. The molecule has 0 spiro atoms. The number of esters is 1. The normalized spacial score (nSPS) is 12.0. The van der Waals surface area contributed by atoms with E-state index in [0.29, 0.717) is 39.1 Å². The highest BCUT2D eigenvalue weighted by Gasteiger charge is 2.20. The Balaban J connectivity index is 1.80. The molecule has 180 valence electrons. The van der Waals surface area contributed by atoms with Gasteiger partial charge in [0.1, 0.15) is 0 Å². The molecule has 0 aliphatic rings. The number of anilines is 1. The number of aromatic amines is 1. The van der Waals surface area contributed by atoms with Gasteiger partial charge in [-0.3, -0.25) is 4.72 Å². The van der Waals surface area contributed by atoms with Gasteiger partial charge in [-0.05, 0) is 50.2 Å². The number of benzene rings is 3. The standard InChI is InChI=1S/C26H25N3O5S/c1-3-34-26(31)18-10-15-21-22(16-18)28-25(30)23(21)24(17-8-6-5-7-9-17)27-19-11-13-20(14-12-19)29-35(32,33)4-2/h5-16,28-30H,3-4H2,1-2H3. The van der Waals surface area contributed by atoms with Gasteiger partial charge in [0.2, 0.25) is 10.0 Å². The van der Waals surface area contributed by atoms with E-state index in [1.165, 1.54) is 0 Å². The molecule has 0 bridgehead atoms. The van der Waals surface area contributed by atoms with E-state index in [2.05, 4.69) is 9.71 Å². The first kappa shape index (κ1) is 24.0. The van der Waals surface area contributed by atoms with Crippen LogP contribution in [0.5, 0.6) is 5.88 Å². The zero-order chi connectivity index (χ0) is 25.0. The number of sulfonamides is 1. The zero-order valence-corrected chi connectivity index (χ0v) is 20.1. The number of nitrogens with zero attached hydrogens (tertiary/aromatic N) is 1. The fourth-order valence-corrected chi connectivity index (χ4v) is 4.25. The molecule has 0 unspecified atom stereocenters. The fourth-order valence-electron chi connectivity index (χ4n) is 3.61. The Hall–Kier alpha value is -4.11. The lowest BCUT2D eigenvalue weighted by molar-refractivity contribution is 0.0526. The molecule has 0 saturated carbocycles. The molecular weight excluding hydrogens is 466 g/mol. The van der Waals surface area contributed by atoms with E-state index in [-0.39, 0.29) is 18.2 Å². The van der Waals surface area contributed by atoms with Crippen LogP contribution in [0.15, 0.2) is 77.8 Å². The monoisotopic (exact) mass is 491 g/mol. The van der Waals surface area contributed by atoms with E-state index in [1.54, 1.807) is 56.3 Å². The van der Waals surface area contributed by atoms with E-state index >= 15 is 0 Å². The van der Waals surface area contributed by atoms with Crippen molar-refractivity contribution in [3.05, 3.63) is 89.5 Å². The number of H-pyrrole nitrogens is 1. The first-order chi connectivity index (χ1) is 16.8. The molecule has 0 atom stereocenters. The number of hydrogen-bond acceptors (Lipinski definition) is 6. The summed E-state index contributed by atoms with van der Waals surface area (Å²) in [7, 11) is -3.39. The summed E-state index contributed by atoms with van der Waals surface area (Å²) >= 11 is 0. The molecule has 0 saturated heterocycles. The number of hydrogen-bond donors (Lipinski definition) is 3. The topological polar surface area (TPSA) is 121 Å². The first-order valence-corrected chi connectivity index (χ1v) is 12.7. The molecule has 4 aromatic rings. The molecular formula is C26H25N3O5S. The smallest absolute Gasteiger partial charge is 0.338 e. The van der Waals surface area contributed by atoms with Crippen LogP contribution in [0.3, 0.4) is 0 Å². The Kier molecular flexibility index (Phi) is 6.88. The Morgan fingerprint density at radius 3 is 2.37 bits per heavy atom. The maximum Gasteiger partial charge on any atom is 0.338 e. The molecule has 8 nitrogen and oxygen atoms in total. The number of ether oxygens (including phenoxy) is 1. The third-order valence-electron chi connectivity index (χ3n) is 5.34. The molecule has 0 fully saturated rings. The second-order valence-electron chi connectivity index (χ2n) is 7.71. The molecule has 0 aliphatic carbocycles. The van der Waals surface area contributed by atoms with Crippen LogP contribution in [0.4, 0.5) is 11.4 Å². The van der Waals surface area contributed by atoms with Crippen LogP contribution in [0.1, 0.15) is 35.3 Å². The van der Waals surface area contributed by atoms with Crippen molar-refractivity contribution in [3.8, 4) is 5.88 Å². The largest absolute Gasteiger partial charge is 0.494 e. The average Bonchev–Trinajstić information content (AvgIpc) is 3.18. The van der Waals surface area contributed by atoms with Gasteiger partial charge in [0.05, 0.1) is 34.9 Å². The van der Waals surface area contributed by atoms with Crippen molar-refractivity contribution >= 4 is 44.0 Å². The van der Waals surface area contributed by atoms with Gasteiger partial charge in [-0.25, -0.2) is 18.2 Å². The number of aromatic nitrogens is 1. The summed E-state index contributed by atoms with van der Waals surface area (Å²) in [6.45, 7) is 3.57. The number of rotatable bonds is 8. The lowest BCUT2D eigenvalue weighted by Crippen LogP contribution is -2.14. The van der Waals surface area contributed by atoms with Crippen LogP contribution in [-0.2, 0) is 14.8 Å². The molecule has 9 heteroatoms. The lowest BCUT2D eigenvalue weighted by atomic mass is 10.00. The number of carbonyl (C=O) groups excluding carboxylic acids is 1. The number of carbonyl (C=O) groups is 1. The summed E-state index contributed by atoms with van der Waals surface area (Å²) in [4.78, 5) is 19.9. The molecule has 1 aromatic heterocycles. The van der Waals surface area contributed by atoms with Crippen LogP contribution in [0.25, 0.3) is 10.9 Å². The summed E-state index contributed by atoms with van der Waals surface area (Å²) in [6, 6.07) is 21.1. The number of aromatic hydroxyl groups is 1. The quantitative estimate of drug-likeness (QED) is 0.237. The van der Waals surface area contributed by atoms with Gasteiger partial charge in [0, 0.05) is 22.2 Å². The zero-order valence-electron chi connectivity index (χ0n) is 19.3. The Morgan fingerprint density at radius 1 is 1.00 bits per heavy atom. The van der Waals surface area contributed by atoms with Gasteiger partial charge in [-0.2, -0.15) is 0 Å². The van der Waals surface area contributed by atoms with Gasteiger partial charge < -0.3 is 14.8 Å². The van der Waals surface area contributed by atoms with Crippen molar-refractivity contribution in [3.63, 3.8) is 0 Å². The second kappa shape index (κ2) is 10.0. The van der Waals surface area contributed by atoms with Crippen LogP contribution < -0.4 is 4.72 Å². The Morgan fingerprint density at radius 2 is 1.71 bits per heavy atom. The molecule has 4 rings (SSSR count). The highest BCUT2D eigenvalue weighted by atomic mass is 32.2. The van der Waals surface area contributed by atoms with Crippen molar-refractivity contribution in [2.75, 3.05) is 17.1 Å². The van der Waals surface area contributed by atoms with Crippen LogP contribution >= 0.6 is 0 Å². The second-order valence-corrected chi connectivity index (χ2v) is 9.72. The Bertz CT molecular complexity index is 1490. The first-order valence-electron chi connectivity index (χ1n) is 11.1. The SMILES string of the molecule is CCOC(=O)c1ccc2c(C(=Nc3ccc(NS(=O)(=O)CC)cc3)c3ccccc3)c(O)[nH]c2c1. The number of aliphatic imine (C=N–C) groups is 1. The number of fused-ring (bicyclic) bond motifs is 1. The molecule has 0 amide bonds. The predicted octanol–water partition coefficient (Wildman–Crippen LogP) is 4.98. The van der Waals surface area contributed by atoms with Crippen molar-refractivity contribution in [1.82, 2.24) is 4.98 Å². The minimum Gasteiger partial charge on any atom is -0.494 e. The van der Waals surface area contributed by atoms with Crippen LogP contribution in [0.2, 0.25) is 0 Å². The van der Waals surface area contributed by atoms with E-state index in [9.17, 15) is 18.3 Å². The minimum absolute atomic E-state index is 0.0250. The summed E-state index contributed by atoms with van der Waals surface area (Å²) in [5.74, 6) is -0.556. The van der Waals surface area contributed by atoms with E-state index in [1.807, 2.05) is 30.3 Å². The van der Waals surface area contributed by atoms with Gasteiger partial charge in [0.25, 0.3) is 0 Å². The van der Waals surface area contributed by atoms with Gasteiger partial charge in [-0.1, -0.05) is 36.4 Å². The van der Waals surface area contributed by atoms with Crippen LogP contribution in [0, 0.1) is 0 Å². The van der Waals surface area contributed by atoms with Gasteiger partial charge >= 0.3 is 5.97 Å². The average molecular weight is 492 g/mol. The van der Waals surface area contributed by atoms with Crippen molar-refractivity contribution < 1.29 is 23.1 Å². The van der Waals surface area contributed by atoms with E-state index < -0.39 is 16.0 Å². The Labute approximate surface area is 203 Å².